The highest BCUT2D eigenvalue weighted by Crippen LogP contribution is 2.22. The number of nitrogens with one attached hydrogen (secondary N) is 1. The molecule has 2 aliphatic heterocycles. The quantitative estimate of drug-likeness (QED) is 0.305. The number of nitro groups is 2. The summed E-state index contributed by atoms with van der Waals surface area (Å²) in [6.45, 7) is 5.92. The number of carbonyl (C=O) groups is 2. The molecule has 14 heteroatoms. The smallest absolute Gasteiger partial charge is 0.269 e. The molecule has 2 saturated heterocycles. The van der Waals surface area contributed by atoms with Crippen molar-refractivity contribution < 1.29 is 28.9 Å². The fraction of sp³-hybridized carbons (Fsp3) is 0.417. The third-order valence-corrected chi connectivity index (χ3v) is 5.31. The average molecular weight is 573 g/mol. The number of ether oxygens (including phenoxy) is 2. The molecule has 2 aliphatic rings. The van der Waals surface area contributed by atoms with E-state index in [1.165, 1.54) is 38.1 Å². The van der Waals surface area contributed by atoms with E-state index in [0.29, 0.717) is 24.6 Å². The van der Waals surface area contributed by atoms with Gasteiger partial charge in [0.05, 0.1) is 16.4 Å². The minimum absolute atomic E-state index is 0. The Balaban J connectivity index is 0.000000329. The third kappa shape index (κ3) is 11.7. The van der Waals surface area contributed by atoms with E-state index in [1.807, 2.05) is 0 Å². The van der Waals surface area contributed by atoms with E-state index < -0.39 is 9.85 Å². The van der Waals surface area contributed by atoms with Crippen molar-refractivity contribution in [3.05, 3.63) is 68.8 Å². The third-order valence-electron chi connectivity index (χ3n) is 5.31. The molecular weight excluding hydrogens is 543 g/mol. The summed E-state index contributed by atoms with van der Waals surface area (Å²) in [5.41, 5.74) is 0.131. The summed E-state index contributed by atoms with van der Waals surface area (Å²) in [5.74, 6) is 1.33. The van der Waals surface area contributed by atoms with Crippen LogP contribution in [0.4, 0.5) is 11.4 Å². The monoisotopic (exact) mass is 572 g/mol. The average Bonchev–Trinajstić information content (AvgIpc) is 3.52. The molecule has 0 unspecified atom stereocenters. The molecular formula is C24H30Cl2N4O8. The number of nitrogens with zero attached hydrogens (tertiary/aromatic N) is 3. The van der Waals surface area contributed by atoms with Crippen molar-refractivity contribution in [3.63, 3.8) is 0 Å². The van der Waals surface area contributed by atoms with Gasteiger partial charge in [-0.1, -0.05) is 0 Å². The maximum absolute atomic E-state index is 11.2. The predicted molar refractivity (Wildman–Crippen MR) is 143 cm³/mol. The standard InChI is InChI=1S/C12H14N2O4.C10H12N2O3.C2H3ClO.ClH/c1-9(15)13-7-6-12(8-13)18-11-4-2-10(3-5-11)14(16)17;13-12(14)8-1-3-9(4-2-8)15-10-5-6-11-7-10;1-2(3)4;/h2-5,12H,6-8H2,1H3;1-4,10-11H,5-7H2;1H3;1H/t12-;10-;;/m00../s1. The Morgan fingerprint density at radius 3 is 1.68 bits per heavy atom. The summed E-state index contributed by atoms with van der Waals surface area (Å²) in [6.07, 6.45) is 1.93. The Kier molecular flexibility index (Phi) is 14.0. The highest BCUT2D eigenvalue weighted by molar-refractivity contribution is 6.62. The van der Waals surface area contributed by atoms with Crippen LogP contribution < -0.4 is 14.8 Å². The lowest BCUT2D eigenvalue weighted by molar-refractivity contribution is -0.385. The number of nitro benzene ring substituents is 2. The van der Waals surface area contributed by atoms with Crippen LogP contribution in [0.3, 0.4) is 0 Å². The van der Waals surface area contributed by atoms with Gasteiger partial charge in [-0.3, -0.25) is 29.8 Å². The predicted octanol–water partition coefficient (Wildman–Crippen LogP) is 4.12. The SMILES string of the molecule is CC(=O)Cl.CC(=O)N1CC[C@H](Oc2ccc([N+](=O)[O-])cc2)C1.Cl.O=[N+]([O-])c1ccc(O[C@H]2CCNC2)cc1. The summed E-state index contributed by atoms with van der Waals surface area (Å²) in [7, 11) is 0. The molecule has 0 saturated carbocycles. The first-order valence-corrected chi connectivity index (χ1v) is 11.9. The van der Waals surface area contributed by atoms with E-state index in [0.717, 1.165) is 25.9 Å². The summed E-state index contributed by atoms with van der Waals surface area (Å²) in [4.78, 5) is 42.1. The molecule has 0 aromatic heterocycles. The second-order valence-corrected chi connectivity index (χ2v) is 8.73. The van der Waals surface area contributed by atoms with Crippen LogP contribution in [0.5, 0.6) is 11.5 Å². The van der Waals surface area contributed by atoms with Gasteiger partial charge in [0.25, 0.3) is 11.4 Å². The zero-order valence-electron chi connectivity index (χ0n) is 20.9. The fourth-order valence-corrected chi connectivity index (χ4v) is 3.52. The maximum Gasteiger partial charge on any atom is 0.269 e. The Morgan fingerprint density at radius 1 is 0.895 bits per heavy atom. The Hall–Kier alpha value is -3.48. The van der Waals surface area contributed by atoms with E-state index in [1.54, 1.807) is 29.2 Å². The topological polar surface area (TPSA) is 154 Å². The molecule has 2 fully saturated rings. The number of hydrogen-bond acceptors (Lipinski definition) is 9. The van der Waals surface area contributed by atoms with Gasteiger partial charge in [-0.05, 0) is 48.8 Å². The first-order valence-electron chi connectivity index (χ1n) is 11.5. The summed E-state index contributed by atoms with van der Waals surface area (Å²) in [6, 6.07) is 12.2. The zero-order chi connectivity index (χ0) is 27.4. The minimum Gasteiger partial charge on any atom is -0.489 e. The lowest BCUT2D eigenvalue weighted by Crippen LogP contribution is -2.28. The van der Waals surface area contributed by atoms with Gasteiger partial charge >= 0.3 is 0 Å². The molecule has 2 heterocycles. The van der Waals surface area contributed by atoms with E-state index in [-0.39, 0.29) is 47.1 Å². The van der Waals surface area contributed by atoms with Gasteiger partial charge in [0.15, 0.2) is 0 Å². The zero-order valence-corrected chi connectivity index (χ0v) is 22.5. The first kappa shape index (κ1) is 32.5. The molecule has 0 radical (unpaired) electrons. The van der Waals surface area contributed by atoms with Crippen LogP contribution in [-0.4, -0.2) is 64.3 Å². The summed E-state index contributed by atoms with van der Waals surface area (Å²) < 4.78 is 11.3. The molecule has 0 aliphatic carbocycles. The van der Waals surface area contributed by atoms with Gasteiger partial charge in [-0.15, -0.1) is 12.4 Å². The van der Waals surface area contributed by atoms with Gasteiger partial charge in [-0.25, -0.2) is 0 Å². The number of hydrogen-bond donors (Lipinski definition) is 1. The van der Waals surface area contributed by atoms with Crippen molar-refractivity contribution in [1.82, 2.24) is 10.2 Å². The van der Waals surface area contributed by atoms with Crippen LogP contribution in [0.25, 0.3) is 0 Å². The second-order valence-electron chi connectivity index (χ2n) is 8.20. The molecule has 1 N–H and O–H groups in total. The van der Waals surface area contributed by atoms with Gasteiger partial charge in [0.1, 0.15) is 23.7 Å². The fourth-order valence-electron chi connectivity index (χ4n) is 3.52. The number of likely N-dealkylation sites (tertiary alicyclic amines) is 1. The number of rotatable bonds is 6. The number of halogens is 2. The van der Waals surface area contributed by atoms with Crippen molar-refractivity contribution in [1.29, 1.82) is 0 Å². The van der Waals surface area contributed by atoms with Crippen molar-refractivity contribution >= 4 is 46.5 Å². The Morgan fingerprint density at radius 2 is 1.34 bits per heavy atom. The molecule has 1 amide bonds. The van der Waals surface area contributed by atoms with Crippen LogP contribution in [0.1, 0.15) is 26.7 Å². The van der Waals surface area contributed by atoms with E-state index >= 15 is 0 Å². The molecule has 0 spiro atoms. The van der Waals surface area contributed by atoms with E-state index in [2.05, 4.69) is 16.9 Å². The molecule has 2 aromatic rings. The lowest BCUT2D eigenvalue weighted by atomic mass is 10.3. The van der Waals surface area contributed by atoms with Crippen LogP contribution in [0.15, 0.2) is 48.5 Å². The number of amides is 1. The van der Waals surface area contributed by atoms with Gasteiger partial charge in [0.2, 0.25) is 11.1 Å². The number of carbonyl (C=O) groups excluding carboxylic acids is 2. The normalized spacial score (nSPS) is 17.5. The van der Waals surface area contributed by atoms with Crippen molar-refractivity contribution in [3.8, 4) is 11.5 Å². The van der Waals surface area contributed by atoms with Gasteiger partial charge < -0.3 is 19.7 Å². The van der Waals surface area contributed by atoms with Crippen LogP contribution >= 0.6 is 24.0 Å². The van der Waals surface area contributed by atoms with Crippen LogP contribution in [0, 0.1) is 20.2 Å². The molecule has 2 aromatic carbocycles. The van der Waals surface area contributed by atoms with Gasteiger partial charge in [-0.2, -0.15) is 0 Å². The van der Waals surface area contributed by atoms with E-state index in [4.69, 9.17) is 9.47 Å². The van der Waals surface area contributed by atoms with Crippen LogP contribution in [0.2, 0.25) is 0 Å². The minimum atomic E-state index is -0.448. The Bertz CT molecular complexity index is 1060. The molecule has 0 bridgehead atoms. The van der Waals surface area contributed by atoms with Crippen molar-refractivity contribution in [2.75, 3.05) is 26.2 Å². The van der Waals surface area contributed by atoms with Gasteiger partial charge in [0, 0.05) is 57.6 Å². The summed E-state index contributed by atoms with van der Waals surface area (Å²) >= 11 is 4.64. The molecule has 38 heavy (non-hydrogen) atoms. The van der Waals surface area contributed by atoms with E-state index in [9.17, 15) is 29.8 Å². The largest absolute Gasteiger partial charge is 0.489 e. The number of non-ortho nitro benzene ring substituents is 2. The summed E-state index contributed by atoms with van der Waals surface area (Å²) in [5, 5.41) is 23.7. The lowest BCUT2D eigenvalue weighted by Gasteiger charge is -2.15. The molecule has 12 nitrogen and oxygen atoms in total. The van der Waals surface area contributed by atoms with Crippen LogP contribution in [-0.2, 0) is 9.59 Å². The molecule has 4 rings (SSSR count). The highest BCUT2D eigenvalue weighted by atomic mass is 35.5. The number of benzene rings is 2. The first-order chi connectivity index (χ1) is 17.5. The molecule has 2 atom stereocenters. The highest BCUT2D eigenvalue weighted by Gasteiger charge is 2.25. The second kappa shape index (κ2) is 16.4. The maximum atomic E-state index is 11.2. The van der Waals surface area contributed by atoms with Crippen molar-refractivity contribution in [2.45, 2.75) is 38.9 Å². The molecule has 208 valence electrons. The van der Waals surface area contributed by atoms with Crippen molar-refractivity contribution in [2.24, 2.45) is 0 Å². The Labute approximate surface area is 230 Å².